The number of nitrogens with zero attached hydrogens (tertiary/aromatic N) is 3. The first kappa shape index (κ1) is 33.6. The van der Waals surface area contributed by atoms with Crippen LogP contribution in [0.15, 0.2) is 35.5 Å². The van der Waals surface area contributed by atoms with Gasteiger partial charge < -0.3 is 26.6 Å². The van der Waals surface area contributed by atoms with E-state index in [4.69, 9.17) is 5.73 Å². The van der Waals surface area contributed by atoms with Gasteiger partial charge >= 0.3 is 0 Å². The zero-order chi connectivity index (χ0) is 33.1. The largest absolute Gasteiger partial charge is 0.405 e. The predicted octanol–water partition coefficient (Wildman–Crippen LogP) is 2.53. The second-order valence-electron chi connectivity index (χ2n) is 13.3. The molecule has 4 amide bonds. The molecule has 4 fully saturated rings. The number of likely N-dealkylation sites (tertiary alicyclic amines) is 2. The molecule has 11 nitrogen and oxygen atoms in total. The van der Waals surface area contributed by atoms with Gasteiger partial charge in [0, 0.05) is 44.1 Å². The minimum absolute atomic E-state index is 0.0183. The lowest BCUT2D eigenvalue weighted by molar-refractivity contribution is -0.138. The Morgan fingerprint density at radius 1 is 1.04 bits per heavy atom. The maximum absolute atomic E-state index is 15.7. The van der Waals surface area contributed by atoms with E-state index in [1.807, 2.05) is 4.90 Å². The summed E-state index contributed by atoms with van der Waals surface area (Å²) in [5.74, 6) is -1.97. The van der Waals surface area contributed by atoms with Crippen LogP contribution in [-0.2, 0) is 19.2 Å². The molecule has 2 aliphatic carbocycles. The van der Waals surface area contributed by atoms with Crippen molar-refractivity contribution in [1.82, 2.24) is 20.4 Å². The summed E-state index contributed by atoms with van der Waals surface area (Å²) < 4.78 is 15.7. The molecule has 0 unspecified atom stereocenters. The van der Waals surface area contributed by atoms with Gasteiger partial charge in [0.1, 0.15) is 23.6 Å². The van der Waals surface area contributed by atoms with Gasteiger partial charge in [-0.3, -0.25) is 29.1 Å². The van der Waals surface area contributed by atoms with E-state index in [0.29, 0.717) is 36.5 Å². The fourth-order valence-corrected chi connectivity index (χ4v) is 7.21. The van der Waals surface area contributed by atoms with E-state index in [9.17, 15) is 19.2 Å². The van der Waals surface area contributed by atoms with Crippen LogP contribution >= 0.6 is 0 Å². The number of fused-ring (bicyclic) bond motifs is 2. The van der Waals surface area contributed by atoms with Crippen LogP contribution in [0.4, 0.5) is 10.1 Å². The summed E-state index contributed by atoms with van der Waals surface area (Å²) in [7, 11) is 2.06. The Kier molecular flexibility index (Phi) is 10.4. The van der Waals surface area contributed by atoms with E-state index in [1.54, 1.807) is 26.8 Å². The van der Waals surface area contributed by atoms with Crippen LogP contribution < -0.4 is 21.7 Å². The predicted molar refractivity (Wildman–Crippen MR) is 174 cm³/mol. The molecule has 2 bridgehead atoms. The van der Waals surface area contributed by atoms with E-state index in [0.717, 1.165) is 38.6 Å². The van der Waals surface area contributed by atoms with Crippen LogP contribution in [0.2, 0.25) is 0 Å². The molecule has 5 rings (SSSR count). The summed E-state index contributed by atoms with van der Waals surface area (Å²) >= 11 is 0. The highest BCUT2D eigenvalue weighted by atomic mass is 19.1. The molecule has 4 aliphatic rings. The van der Waals surface area contributed by atoms with Crippen molar-refractivity contribution >= 4 is 35.0 Å². The fraction of sp³-hybridized carbons (Fsp3) is 0.618. The van der Waals surface area contributed by atoms with Crippen LogP contribution in [0.1, 0.15) is 70.8 Å². The normalized spacial score (nSPS) is 23.4. The molecule has 2 aliphatic heterocycles. The summed E-state index contributed by atoms with van der Waals surface area (Å²) in [6, 6.07) is 3.17. The molecule has 0 radical (unpaired) electrons. The molecule has 1 aromatic carbocycles. The number of aliphatic imine (C=N–C) groups is 1. The highest BCUT2D eigenvalue weighted by molar-refractivity contribution is 6.43. The van der Waals surface area contributed by atoms with Crippen molar-refractivity contribution in [3.8, 4) is 0 Å². The monoisotopic (exact) mass is 637 g/mol. The number of nitrogens with two attached hydrogens (primary N) is 1. The van der Waals surface area contributed by atoms with Gasteiger partial charge in [0.2, 0.25) is 17.7 Å². The maximum atomic E-state index is 15.7. The van der Waals surface area contributed by atoms with Crippen LogP contribution in [0.25, 0.3) is 0 Å². The number of amides is 4. The number of likely N-dealkylation sites (N-methyl/N-ethyl adjacent to an activating group) is 1. The number of hydrogen-bond donors (Lipinski definition) is 4. The first-order valence-corrected chi connectivity index (χ1v) is 16.7. The lowest BCUT2D eigenvalue weighted by atomic mass is 9.88. The second kappa shape index (κ2) is 14.3. The molecule has 0 aromatic heterocycles. The molecule has 2 saturated carbocycles. The van der Waals surface area contributed by atoms with Gasteiger partial charge in [-0.15, -0.1) is 0 Å². The van der Waals surface area contributed by atoms with Crippen molar-refractivity contribution in [2.45, 2.75) is 89.4 Å². The summed E-state index contributed by atoms with van der Waals surface area (Å²) in [5.41, 5.74) is 6.17. The first-order chi connectivity index (χ1) is 22.1. The Morgan fingerprint density at radius 3 is 2.26 bits per heavy atom. The molecular weight excluding hydrogens is 589 g/mol. The van der Waals surface area contributed by atoms with Gasteiger partial charge in [0.05, 0.1) is 5.69 Å². The van der Waals surface area contributed by atoms with Crippen molar-refractivity contribution in [2.24, 2.45) is 28.5 Å². The third-order valence-electron chi connectivity index (χ3n) is 10.1. The van der Waals surface area contributed by atoms with Crippen LogP contribution in [0.3, 0.4) is 0 Å². The summed E-state index contributed by atoms with van der Waals surface area (Å²) in [6.07, 6.45) is 7.74. The Labute approximate surface area is 270 Å². The third-order valence-corrected chi connectivity index (χ3v) is 10.1. The number of carbonyl (C=O) groups is 4. The molecule has 1 aromatic rings. The number of piperazine rings is 1. The number of rotatable bonds is 14. The smallest absolute Gasteiger partial charge is 0.270 e. The molecule has 5 N–H and O–H groups in total. The van der Waals surface area contributed by atoms with Crippen molar-refractivity contribution in [3.63, 3.8) is 0 Å². The highest BCUT2D eigenvalue weighted by Crippen LogP contribution is 2.51. The van der Waals surface area contributed by atoms with Gasteiger partial charge in [-0.1, -0.05) is 19.9 Å². The summed E-state index contributed by atoms with van der Waals surface area (Å²) in [5, 5.41) is 8.51. The van der Waals surface area contributed by atoms with Crippen LogP contribution in [-0.4, -0.2) is 90.0 Å². The maximum Gasteiger partial charge on any atom is 0.270 e. The molecule has 12 heteroatoms. The minimum Gasteiger partial charge on any atom is -0.405 e. The molecule has 2 saturated heterocycles. The average molecular weight is 638 g/mol. The van der Waals surface area contributed by atoms with E-state index in [1.165, 1.54) is 24.4 Å². The topological polar surface area (TPSA) is 149 Å². The number of carbonyl (C=O) groups excluding carboxylic acids is 4. The van der Waals surface area contributed by atoms with Crippen molar-refractivity contribution in [1.29, 1.82) is 0 Å². The molecule has 0 spiro atoms. The number of benzene rings is 1. The Bertz CT molecular complexity index is 1380. The van der Waals surface area contributed by atoms with Crippen LogP contribution in [0, 0.1) is 23.6 Å². The van der Waals surface area contributed by atoms with Gasteiger partial charge in [-0.05, 0) is 93.8 Å². The fourth-order valence-electron chi connectivity index (χ4n) is 7.21. The van der Waals surface area contributed by atoms with Crippen molar-refractivity contribution < 1.29 is 23.6 Å². The quantitative estimate of drug-likeness (QED) is 0.231. The number of halogens is 1. The third kappa shape index (κ3) is 7.43. The zero-order valence-corrected chi connectivity index (χ0v) is 27.3. The van der Waals surface area contributed by atoms with E-state index < -0.39 is 35.6 Å². The molecule has 250 valence electrons. The Morgan fingerprint density at radius 2 is 1.74 bits per heavy atom. The summed E-state index contributed by atoms with van der Waals surface area (Å²) in [6.45, 7) is 7.11. The van der Waals surface area contributed by atoms with Gasteiger partial charge in [0.15, 0.2) is 0 Å². The molecule has 46 heavy (non-hydrogen) atoms. The number of nitrogens with one attached hydrogen (secondary N) is 3. The lowest BCUT2D eigenvalue weighted by Crippen LogP contribution is -2.55. The summed E-state index contributed by atoms with van der Waals surface area (Å²) in [4.78, 5) is 61.5. The highest BCUT2D eigenvalue weighted by Gasteiger charge is 2.49. The van der Waals surface area contributed by atoms with Crippen molar-refractivity contribution in [2.75, 3.05) is 32.0 Å². The number of anilines is 1. The van der Waals surface area contributed by atoms with E-state index in [2.05, 4.69) is 32.9 Å². The van der Waals surface area contributed by atoms with Crippen molar-refractivity contribution in [3.05, 3.63) is 41.9 Å². The minimum atomic E-state index is -0.861. The van der Waals surface area contributed by atoms with Gasteiger partial charge in [0.25, 0.3) is 5.91 Å². The second-order valence-corrected chi connectivity index (χ2v) is 13.3. The lowest BCUT2D eigenvalue weighted by Gasteiger charge is -2.36. The zero-order valence-electron chi connectivity index (χ0n) is 27.3. The Hall–Kier alpha value is -3.80. The SMILES string of the molecule is CCN=C(/C=C\N)C(=O)N[C@H](C(=O)Nc1ccc([C@H](C)[C@@H](NC(=O)CC)C(=O)N2C[C@@H]3C[C@H]2CN3C)cc1F)C(C1CC1)C1CC1. The van der Waals surface area contributed by atoms with Gasteiger partial charge in [-0.2, -0.15) is 0 Å². The first-order valence-electron chi connectivity index (χ1n) is 16.7. The molecular formula is C34H48FN7O4. The standard InChI is InChI=1S/C34H48FN7O4/c1-5-28(43)39-30(34(46)42-18-23-16-24(42)17-41(23)4)19(3)22-11-12-26(25(35)15-22)38-33(45)31(29(20-7-8-20)21-9-10-21)40-32(44)27(13-14-36)37-6-2/h11-15,19-21,23-24,29-31H,5-10,16-18,36H2,1-4H3,(H,38,45)(H,39,43)(H,40,44)/b14-13-,37-27?/t19-,23-,24-,30+,31-/m0/s1. The van der Waals surface area contributed by atoms with E-state index >= 15 is 4.39 Å². The van der Waals surface area contributed by atoms with Gasteiger partial charge in [-0.25, -0.2) is 4.39 Å². The van der Waals surface area contributed by atoms with E-state index in [-0.39, 0.29) is 41.6 Å². The average Bonchev–Trinajstić information content (AvgIpc) is 3.98. The Balaban J connectivity index is 1.33. The molecule has 5 atom stereocenters. The molecule has 2 heterocycles. The number of hydrogen-bond acceptors (Lipinski definition) is 7. The van der Waals surface area contributed by atoms with Crippen LogP contribution in [0.5, 0.6) is 0 Å².